The fraction of sp³-hybridized carbons (Fsp3) is 0.667. The van der Waals surface area contributed by atoms with E-state index in [1.807, 2.05) is 10.9 Å². The largest absolute Gasteiger partial charge is 0.378 e. The van der Waals surface area contributed by atoms with Crippen LogP contribution in [-0.4, -0.2) is 17.7 Å². The molecule has 72 valence electrons. The highest BCUT2D eigenvalue weighted by Gasteiger charge is 2.20. The van der Waals surface area contributed by atoms with Gasteiger partial charge in [0.1, 0.15) is 0 Å². The second-order valence-electron chi connectivity index (χ2n) is 3.39. The fourth-order valence-corrected chi connectivity index (χ4v) is 2.26. The molecule has 1 aromatic rings. The molecule has 0 amide bonds. The van der Waals surface area contributed by atoms with E-state index in [9.17, 15) is 0 Å². The number of aromatic nitrogens is 1. The summed E-state index contributed by atoms with van der Waals surface area (Å²) in [5, 5.41) is 2.01. The topological polar surface area (TPSA) is 48.1 Å². The van der Waals surface area contributed by atoms with Crippen LogP contribution in [0, 0.1) is 0 Å². The predicted octanol–water partition coefficient (Wildman–Crippen LogP) is 1.71. The second-order valence-corrected chi connectivity index (χ2v) is 4.11. The van der Waals surface area contributed by atoms with Gasteiger partial charge in [0.05, 0.1) is 23.4 Å². The van der Waals surface area contributed by atoms with Gasteiger partial charge >= 0.3 is 0 Å². The molecule has 1 saturated heterocycles. The predicted molar refractivity (Wildman–Crippen MR) is 52.6 cm³/mol. The number of hydrogen-bond acceptors (Lipinski definition) is 4. The number of hydrogen-bond donors (Lipinski definition) is 1. The molecule has 0 radical (unpaired) electrons. The third-order valence-corrected chi connectivity index (χ3v) is 2.98. The molecule has 2 heterocycles. The monoisotopic (exact) mass is 198 g/mol. The Morgan fingerprint density at radius 1 is 1.77 bits per heavy atom. The van der Waals surface area contributed by atoms with Gasteiger partial charge in [0.25, 0.3) is 0 Å². The quantitative estimate of drug-likeness (QED) is 0.804. The minimum absolute atomic E-state index is 0.0503. The van der Waals surface area contributed by atoms with Gasteiger partial charge in [-0.25, -0.2) is 4.98 Å². The minimum Gasteiger partial charge on any atom is -0.378 e. The second kappa shape index (κ2) is 4.17. The molecule has 2 unspecified atom stereocenters. The van der Waals surface area contributed by atoms with Crippen LogP contribution in [-0.2, 0) is 4.74 Å². The highest BCUT2D eigenvalue weighted by molar-refractivity contribution is 7.07. The van der Waals surface area contributed by atoms with Crippen LogP contribution in [0.5, 0.6) is 0 Å². The van der Waals surface area contributed by atoms with Crippen molar-refractivity contribution in [2.45, 2.75) is 31.4 Å². The summed E-state index contributed by atoms with van der Waals surface area (Å²) in [5.41, 5.74) is 8.81. The molecular weight excluding hydrogens is 184 g/mol. The molecule has 2 atom stereocenters. The molecule has 0 spiro atoms. The Morgan fingerprint density at radius 2 is 2.69 bits per heavy atom. The standard InChI is InChI=1S/C9H14N2OS/c10-8(9-5-13-6-11-9)4-7-2-1-3-12-7/h5-8H,1-4,10H2. The summed E-state index contributed by atoms with van der Waals surface area (Å²) in [5.74, 6) is 0. The SMILES string of the molecule is NC(CC1CCCO1)c1cscn1. The molecule has 0 aromatic carbocycles. The third kappa shape index (κ3) is 2.27. The van der Waals surface area contributed by atoms with E-state index < -0.39 is 0 Å². The Morgan fingerprint density at radius 3 is 3.31 bits per heavy atom. The zero-order valence-corrected chi connectivity index (χ0v) is 8.30. The molecule has 1 aromatic heterocycles. The van der Waals surface area contributed by atoms with Crippen molar-refractivity contribution < 1.29 is 4.74 Å². The maximum Gasteiger partial charge on any atom is 0.0795 e. The van der Waals surface area contributed by atoms with Crippen molar-refractivity contribution in [2.75, 3.05) is 6.61 Å². The van der Waals surface area contributed by atoms with E-state index in [2.05, 4.69) is 4.98 Å². The van der Waals surface area contributed by atoms with Crippen LogP contribution in [0.3, 0.4) is 0 Å². The van der Waals surface area contributed by atoms with Crippen molar-refractivity contribution in [3.63, 3.8) is 0 Å². The van der Waals surface area contributed by atoms with Crippen LogP contribution < -0.4 is 5.73 Å². The van der Waals surface area contributed by atoms with Crippen molar-refractivity contribution >= 4 is 11.3 Å². The number of ether oxygens (including phenoxy) is 1. The van der Waals surface area contributed by atoms with E-state index in [4.69, 9.17) is 10.5 Å². The van der Waals surface area contributed by atoms with Gasteiger partial charge < -0.3 is 10.5 Å². The Kier molecular flexibility index (Phi) is 2.93. The van der Waals surface area contributed by atoms with E-state index in [0.717, 1.165) is 25.1 Å². The van der Waals surface area contributed by atoms with Crippen LogP contribution in [0.2, 0.25) is 0 Å². The Balaban J connectivity index is 1.87. The van der Waals surface area contributed by atoms with Crippen LogP contribution in [0.15, 0.2) is 10.9 Å². The molecule has 0 bridgehead atoms. The van der Waals surface area contributed by atoms with E-state index in [1.54, 1.807) is 11.3 Å². The summed E-state index contributed by atoms with van der Waals surface area (Å²) in [6.45, 7) is 0.897. The summed E-state index contributed by atoms with van der Waals surface area (Å²) < 4.78 is 5.52. The number of nitrogens with two attached hydrogens (primary N) is 1. The van der Waals surface area contributed by atoms with Gasteiger partial charge in [-0.3, -0.25) is 0 Å². The summed E-state index contributed by atoms with van der Waals surface area (Å²) in [4.78, 5) is 4.20. The molecule has 1 aliphatic heterocycles. The maximum absolute atomic E-state index is 5.98. The van der Waals surface area contributed by atoms with Crippen molar-refractivity contribution in [2.24, 2.45) is 5.73 Å². The lowest BCUT2D eigenvalue weighted by Crippen LogP contribution is -2.18. The summed E-state index contributed by atoms with van der Waals surface area (Å²) in [6.07, 6.45) is 3.59. The first-order chi connectivity index (χ1) is 6.36. The first-order valence-electron chi connectivity index (χ1n) is 4.61. The lowest BCUT2D eigenvalue weighted by atomic mass is 10.1. The molecule has 4 heteroatoms. The molecule has 3 nitrogen and oxygen atoms in total. The summed E-state index contributed by atoms with van der Waals surface area (Å²) in [6, 6.07) is 0.0503. The first kappa shape index (κ1) is 9.12. The van der Waals surface area contributed by atoms with Gasteiger partial charge in [-0.05, 0) is 19.3 Å². The third-order valence-electron chi connectivity index (χ3n) is 2.37. The molecule has 2 rings (SSSR count). The molecule has 13 heavy (non-hydrogen) atoms. The van der Waals surface area contributed by atoms with Gasteiger partial charge in [0.2, 0.25) is 0 Å². The van der Waals surface area contributed by atoms with Gasteiger partial charge in [-0.2, -0.15) is 0 Å². The normalized spacial score (nSPS) is 24.8. The van der Waals surface area contributed by atoms with Crippen LogP contribution in [0.1, 0.15) is 31.0 Å². The number of nitrogens with zero attached hydrogens (tertiary/aromatic N) is 1. The van der Waals surface area contributed by atoms with Crippen molar-refractivity contribution in [3.8, 4) is 0 Å². The van der Waals surface area contributed by atoms with Crippen molar-refractivity contribution in [1.82, 2.24) is 4.98 Å². The van der Waals surface area contributed by atoms with Crippen LogP contribution in [0.4, 0.5) is 0 Å². The smallest absolute Gasteiger partial charge is 0.0795 e. The number of rotatable bonds is 3. The number of thiazole rings is 1. The molecular formula is C9H14N2OS. The molecule has 0 saturated carbocycles. The van der Waals surface area contributed by atoms with Gasteiger partial charge in [-0.1, -0.05) is 0 Å². The summed E-state index contributed by atoms with van der Waals surface area (Å²) >= 11 is 1.59. The lowest BCUT2D eigenvalue weighted by Gasteiger charge is -2.13. The average Bonchev–Trinajstić information content (AvgIpc) is 2.74. The van der Waals surface area contributed by atoms with Gasteiger partial charge in [0, 0.05) is 12.0 Å². The van der Waals surface area contributed by atoms with E-state index in [0.29, 0.717) is 6.10 Å². The molecule has 1 aliphatic rings. The highest BCUT2D eigenvalue weighted by Crippen LogP contribution is 2.22. The average molecular weight is 198 g/mol. The van der Waals surface area contributed by atoms with E-state index in [-0.39, 0.29) is 6.04 Å². The first-order valence-corrected chi connectivity index (χ1v) is 5.56. The Hall–Kier alpha value is -0.450. The van der Waals surface area contributed by atoms with Crippen LogP contribution >= 0.6 is 11.3 Å². The lowest BCUT2D eigenvalue weighted by molar-refractivity contribution is 0.0980. The fourth-order valence-electron chi connectivity index (χ4n) is 1.64. The maximum atomic E-state index is 5.98. The minimum atomic E-state index is 0.0503. The van der Waals surface area contributed by atoms with Crippen molar-refractivity contribution in [3.05, 3.63) is 16.6 Å². The Labute approximate surface area is 81.9 Å². The van der Waals surface area contributed by atoms with Crippen LogP contribution in [0.25, 0.3) is 0 Å². The molecule has 1 fully saturated rings. The van der Waals surface area contributed by atoms with Crippen molar-refractivity contribution in [1.29, 1.82) is 0 Å². The molecule has 2 N–H and O–H groups in total. The van der Waals surface area contributed by atoms with E-state index in [1.165, 1.54) is 6.42 Å². The van der Waals surface area contributed by atoms with Gasteiger partial charge in [-0.15, -0.1) is 11.3 Å². The van der Waals surface area contributed by atoms with Gasteiger partial charge in [0.15, 0.2) is 0 Å². The zero-order valence-electron chi connectivity index (χ0n) is 7.48. The zero-order chi connectivity index (χ0) is 9.10. The molecule has 0 aliphatic carbocycles. The Bertz CT molecular complexity index is 244. The highest BCUT2D eigenvalue weighted by atomic mass is 32.1. The summed E-state index contributed by atoms with van der Waals surface area (Å²) in [7, 11) is 0. The van der Waals surface area contributed by atoms with E-state index >= 15 is 0 Å².